The molecule has 0 spiro atoms. The second kappa shape index (κ2) is 8.18. The first-order valence-corrected chi connectivity index (χ1v) is 8.03. The predicted molar refractivity (Wildman–Crippen MR) is 85.0 cm³/mol. The van der Waals surface area contributed by atoms with Gasteiger partial charge in [0.05, 0.1) is 6.61 Å². The molecule has 0 bridgehead atoms. The fraction of sp³-hybridized carbons (Fsp3) is 0.611. The van der Waals surface area contributed by atoms with Crippen LogP contribution in [-0.2, 0) is 16.0 Å². The van der Waals surface area contributed by atoms with Crippen LogP contribution in [0.3, 0.4) is 0 Å². The van der Waals surface area contributed by atoms with Gasteiger partial charge in [0.15, 0.2) is 0 Å². The van der Waals surface area contributed by atoms with Crippen LogP contribution in [0.5, 0.6) is 0 Å². The zero-order valence-electron chi connectivity index (χ0n) is 13.2. The lowest BCUT2D eigenvalue weighted by molar-refractivity contribution is -0.126. The minimum atomic E-state index is 0.00867. The number of ether oxygens (including phenoxy) is 1. The van der Waals surface area contributed by atoms with Gasteiger partial charge < -0.3 is 10.1 Å². The Balaban J connectivity index is 1.70. The number of rotatable bonds is 9. The number of amides is 1. The second-order valence-corrected chi connectivity index (χ2v) is 6.46. The zero-order valence-corrected chi connectivity index (χ0v) is 13.2. The van der Waals surface area contributed by atoms with Crippen LogP contribution in [0.15, 0.2) is 30.3 Å². The first-order chi connectivity index (χ1) is 10.1. The van der Waals surface area contributed by atoms with E-state index >= 15 is 0 Å². The largest absolute Gasteiger partial charge is 0.371 e. The Bertz CT molecular complexity index is 426. The van der Waals surface area contributed by atoms with Gasteiger partial charge in [-0.15, -0.1) is 0 Å². The molecule has 0 saturated heterocycles. The monoisotopic (exact) mass is 289 g/mol. The fourth-order valence-electron chi connectivity index (χ4n) is 2.36. The van der Waals surface area contributed by atoms with E-state index in [4.69, 9.17) is 4.74 Å². The highest BCUT2D eigenvalue weighted by Gasteiger charge is 2.21. The van der Waals surface area contributed by atoms with E-state index in [-0.39, 0.29) is 12.5 Å². The molecule has 0 aromatic heterocycles. The van der Waals surface area contributed by atoms with Crippen LogP contribution in [0.1, 0.15) is 32.3 Å². The van der Waals surface area contributed by atoms with Crippen LogP contribution in [0.4, 0.5) is 0 Å². The molecular formula is C18H27NO2. The van der Waals surface area contributed by atoms with Crippen molar-refractivity contribution in [2.24, 2.45) is 17.8 Å². The van der Waals surface area contributed by atoms with E-state index in [2.05, 4.69) is 43.4 Å². The van der Waals surface area contributed by atoms with Gasteiger partial charge in [0, 0.05) is 6.54 Å². The Morgan fingerprint density at radius 2 is 2.00 bits per heavy atom. The molecule has 1 aromatic carbocycles. The molecule has 3 heteroatoms. The third kappa shape index (κ3) is 6.30. The summed E-state index contributed by atoms with van der Waals surface area (Å²) >= 11 is 0. The molecule has 21 heavy (non-hydrogen) atoms. The van der Waals surface area contributed by atoms with Gasteiger partial charge in [0.2, 0.25) is 5.91 Å². The topological polar surface area (TPSA) is 38.3 Å². The molecule has 0 heterocycles. The number of carbonyl (C=O) groups excluding carboxylic acids is 1. The van der Waals surface area contributed by atoms with Crippen molar-refractivity contribution in [3.05, 3.63) is 35.9 Å². The van der Waals surface area contributed by atoms with Gasteiger partial charge in [-0.25, -0.2) is 0 Å². The van der Waals surface area contributed by atoms with Gasteiger partial charge in [0.25, 0.3) is 0 Å². The maximum absolute atomic E-state index is 11.8. The molecule has 1 aromatic rings. The van der Waals surface area contributed by atoms with E-state index < -0.39 is 0 Å². The Hall–Kier alpha value is -1.35. The van der Waals surface area contributed by atoms with Crippen LogP contribution in [0, 0.1) is 17.8 Å². The van der Waals surface area contributed by atoms with E-state index in [1.165, 1.54) is 18.4 Å². The van der Waals surface area contributed by atoms with E-state index in [9.17, 15) is 4.79 Å². The molecule has 3 nitrogen and oxygen atoms in total. The van der Waals surface area contributed by atoms with Gasteiger partial charge in [-0.05, 0) is 42.6 Å². The summed E-state index contributed by atoms with van der Waals surface area (Å²) in [5, 5.41) is 3.01. The first-order valence-electron chi connectivity index (χ1n) is 8.03. The zero-order chi connectivity index (χ0) is 15.1. The van der Waals surface area contributed by atoms with E-state index in [1.807, 2.05) is 6.07 Å². The highest BCUT2D eigenvalue weighted by atomic mass is 16.5. The van der Waals surface area contributed by atoms with Crippen LogP contribution in [0.2, 0.25) is 0 Å². The summed E-state index contributed by atoms with van der Waals surface area (Å²) in [7, 11) is 0. The van der Waals surface area contributed by atoms with Gasteiger partial charge in [0.1, 0.15) is 6.61 Å². The molecule has 1 amide bonds. The van der Waals surface area contributed by atoms with Crippen LogP contribution in [-0.4, -0.2) is 25.7 Å². The van der Waals surface area contributed by atoms with Crippen molar-refractivity contribution in [3.8, 4) is 0 Å². The summed E-state index contributed by atoms with van der Waals surface area (Å²) in [6.45, 7) is 6.09. The molecule has 1 N–H and O–H groups in total. The number of carbonyl (C=O) groups is 1. The van der Waals surface area contributed by atoms with Crippen molar-refractivity contribution in [2.45, 2.75) is 33.1 Å². The molecule has 1 aliphatic rings. The van der Waals surface area contributed by atoms with Gasteiger partial charge in [-0.1, -0.05) is 44.2 Å². The van der Waals surface area contributed by atoms with Crippen molar-refractivity contribution in [3.63, 3.8) is 0 Å². The lowest BCUT2D eigenvalue weighted by Gasteiger charge is -2.21. The van der Waals surface area contributed by atoms with Crippen LogP contribution >= 0.6 is 0 Å². The summed E-state index contributed by atoms with van der Waals surface area (Å²) in [5.74, 6) is 1.71. The molecule has 1 atom stereocenters. The third-order valence-corrected chi connectivity index (χ3v) is 4.13. The second-order valence-electron chi connectivity index (χ2n) is 6.46. The Kier molecular flexibility index (Phi) is 6.24. The maximum atomic E-state index is 11.8. The van der Waals surface area contributed by atoms with Gasteiger partial charge >= 0.3 is 0 Å². The van der Waals surface area contributed by atoms with E-state index in [0.29, 0.717) is 17.8 Å². The minimum absolute atomic E-state index is 0.00867. The Morgan fingerprint density at radius 1 is 1.29 bits per heavy atom. The van der Waals surface area contributed by atoms with Crippen molar-refractivity contribution >= 4 is 5.91 Å². The molecular weight excluding hydrogens is 262 g/mol. The van der Waals surface area contributed by atoms with Gasteiger partial charge in [-0.3, -0.25) is 4.79 Å². The molecule has 1 saturated carbocycles. The molecule has 116 valence electrons. The quantitative estimate of drug-likeness (QED) is 0.759. The smallest absolute Gasteiger partial charge is 0.246 e. The lowest BCUT2D eigenvalue weighted by Crippen LogP contribution is -2.35. The third-order valence-electron chi connectivity index (χ3n) is 4.13. The van der Waals surface area contributed by atoms with Crippen molar-refractivity contribution in [1.29, 1.82) is 0 Å². The standard InChI is InChI=1S/C18H27NO2/c1-14(2)17(10-15-6-4-3-5-7-15)11-19-18(20)13-21-12-16-8-9-16/h3-7,14,16-17H,8-13H2,1-2H3,(H,19,20)/t17-/m0/s1. The molecule has 2 rings (SSSR count). The van der Waals surface area contributed by atoms with Crippen LogP contribution < -0.4 is 5.32 Å². The normalized spacial score (nSPS) is 16.0. The number of hydrogen-bond donors (Lipinski definition) is 1. The van der Waals surface area contributed by atoms with E-state index in [1.54, 1.807) is 0 Å². The summed E-state index contributed by atoms with van der Waals surface area (Å²) in [4.78, 5) is 11.8. The van der Waals surface area contributed by atoms with Gasteiger partial charge in [-0.2, -0.15) is 0 Å². The SMILES string of the molecule is CC(C)[C@H](CNC(=O)COCC1CC1)Cc1ccccc1. The predicted octanol–water partition coefficient (Wildman–Crippen LogP) is 3.04. The first kappa shape index (κ1) is 16.0. The number of hydrogen-bond acceptors (Lipinski definition) is 2. The Labute approximate surface area is 128 Å². The van der Waals surface area contributed by atoms with E-state index in [0.717, 1.165) is 19.6 Å². The molecule has 0 aliphatic heterocycles. The average Bonchev–Trinajstić information content (AvgIpc) is 3.28. The van der Waals surface area contributed by atoms with Crippen molar-refractivity contribution in [1.82, 2.24) is 5.32 Å². The summed E-state index contributed by atoms with van der Waals surface area (Å²) in [6, 6.07) is 10.5. The van der Waals surface area contributed by atoms with Crippen molar-refractivity contribution in [2.75, 3.05) is 19.8 Å². The summed E-state index contributed by atoms with van der Waals surface area (Å²) in [6.07, 6.45) is 3.52. The summed E-state index contributed by atoms with van der Waals surface area (Å²) in [5.41, 5.74) is 1.33. The highest BCUT2D eigenvalue weighted by Crippen LogP contribution is 2.28. The lowest BCUT2D eigenvalue weighted by atomic mass is 9.89. The number of benzene rings is 1. The molecule has 1 aliphatic carbocycles. The maximum Gasteiger partial charge on any atom is 0.246 e. The fourth-order valence-corrected chi connectivity index (χ4v) is 2.36. The highest BCUT2D eigenvalue weighted by molar-refractivity contribution is 5.77. The van der Waals surface area contributed by atoms with Crippen molar-refractivity contribution < 1.29 is 9.53 Å². The minimum Gasteiger partial charge on any atom is -0.371 e. The molecule has 0 radical (unpaired) electrons. The number of nitrogens with one attached hydrogen (secondary N) is 1. The average molecular weight is 289 g/mol. The summed E-state index contributed by atoms with van der Waals surface area (Å²) < 4.78 is 5.42. The Morgan fingerprint density at radius 3 is 2.62 bits per heavy atom. The molecule has 1 fully saturated rings. The molecule has 0 unspecified atom stereocenters. The van der Waals surface area contributed by atoms with Crippen LogP contribution in [0.25, 0.3) is 0 Å².